The summed E-state index contributed by atoms with van der Waals surface area (Å²) in [7, 11) is 1.32. The van der Waals surface area contributed by atoms with Crippen molar-refractivity contribution in [1.29, 1.82) is 0 Å². The van der Waals surface area contributed by atoms with E-state index in [2.05, 4.69) is 4.98 Å². The first-order chi connectivity index (χ1) is 8.45. The fourth-order valence-electron chi connectivity index (χ4n) is 1.53. The van der Waals surface area contributed by atoms with Gasteiger partial charge >= 0.3 is 5.97 Å². The molecule has 0 saturated heterocycles. The van der Waals surface area contributed by atoms with Crippen LogP contribution in [0.2, 0.25) is 10.0 Å². The second kappa shape index (κ2) is 4.59. The summed E-state index contributed by atoms with van der Waals surface area (Å²) < 4.78 is 18.6. The van der Waals surface area contributed by atoms with Crippen LogP contribution in [0.4, 0.5) is 4.39 Å². The Hall–Kier alpha value is -1.59. The van der Waals surface area contributed by atoms with Crippen LogP contribution >= 0.6 is 23.2 Å². The molecule has 4 nitrogen and oxygen atoms in total. The van der Waals surface area contributed by atoms with Crippen LogP contribution in [0.1, 0.15) is 10.5 Å². The predicted octanol–water partition coefficient (Wildman–Crippen LogP) is 3.39. The highest BCUT2D eigenvalue weighted by atomic mass is 35.5. The number of hydrogen-bond acceptors (Lipinski definition) is 3. The van der Waals surface area contributed by atoms with Crippen LogP contribution in [-0.2, 0) is 0 Å². The van der Waals surface area contributed by atoms with E-state index in [0.717, 1.165) is 0 Å². The van der Waals surface area contributed by atoms with Crippen LogP contribution in [0, 0.1) is 5.82 Å². The molecule has 7 heteroatoms. The Kier molecular flexibility index (Phi) is 3.28. The van der Waals surface area contributed by atoms with Gasteiger partial charge in [0, 0.05) is 6.07 Å². The third-order valence-corrected chi connectivity index (χ3v) is 2.97. The van der Waals surface area contributed by atoms with E-state index in [1.54, 1.807) is 0 Å². The van der Waals surface area contributed by atoms with Crippen LogP contribution in [-0.4, -0.2) is 23.2 Å². The Morgan fingerprint density at radius 3 is 2.67 bits per heavy atom. The van der Waals surface area contributed by atoms with Gasteiger partial charge in [-0.2, -0.15) is 0 Å². The van der Waals surface area contributed by atoms with Crippen LogP contribution in [0.3, 0.4) is 0 Å². The van der Waals surface area contributed by atoms with Gasteiger partial charge in [-0.1, -0.05) is 23.2 Å². The van der Waals surface area contributed by atoms with Gasteiger partial charge in [0.25, 0.3) is 0 Å². The standard InChI is InChI=1S/C11H6Cl2FNO3/c1-18-7-3-6(11(16)17)15-5-2-4(12)10(14)9(13)8(5)7/h2-3H,1H3,(H,16,17). The Morgan fingerprint density at radius 1 is 1.44 bits per heavy atom. The molecule has 1 heterocycles. The van der Waals surface area contributed by atoms with Crippen LogP contribution in [0.15, 0.2) is 12.1 Å². The number of aromatic carboxylic acids is 1. The monoisotopic (exact) mass is 289 g/mol. The average molecular weight is 290 g/mol. The summed E-state index contributed by atoms with van der Waals surface area (Å²) in [6.07, 6.45) is 0. The number of nitrogens with zero attached hydrogens (tertiary/aromatic N) is 1. The lowest BCUT2D eigenvalue weighted by atomic mass is 10.1. The van der Waals surface area contributed by atoms with Crippen molar-refractivity contribution < 1.29 is 19.0 Å². The summed E-state index contributed by atoms with van der Waals surface area (Å²) in [5.74, 6) is -1.90. The van der Waals surface area contributed by atoms with Crippen molar-refractivity contribution in [3.05, 3.63) is 33.7 Å². The van der Waals surface area contributed by atoms with E-state index in [0.29, 0.717) is 0 Å². The maximum absolute atomic E-state index is 13.6. The summed E-state index contributed by atoms with van der Waals surface area (Å²) in [6, 6.07) is 2.37. The molecule has 18 heavy (non-hydrogen) atoms. The molecule has 2 aromatic rings. The third kappa shape index (κ3) is 1.95. The minimum atomic E-state index is -1.23. The minimum absolute atomic E-state index is 0.123. The molecule has 0 aliphatic heterocycles. The molecule has 1 N–H and O–H groups in total. The molecule has 0 spiro atoms. The van der Waals surface area contributed by atoms with Gasteiger partial charge in [-0.15, -0.1) is 0 Å². The number of carboxylic acids is 1. The molecule has 2 rings (SSSR count). The second-order valence-electron chi connectivity index (χ2n) is 3.40. The van der Waals surface area contributed by atoms with Gasteiger partial charge in [0.1, 0.15) is 5.75 Å². The Balaban J connectivity index is 2.92. The predicted molar refractivity (Wildman–Crippen MR) is 65.2 cm³/mol. The molecule has 0 fully saturated rings. The molecule has 0 aliphatic rings. The van der Waals surface area contributed by atoms with Crippen molar-refractivity contribution in [3.63, 3.8) is 0 Å². The van der Waals surface area contributed by atoms with Gasteiger partial charge in [-0.05, 0) is 6.07 Å². The summed E-state index contributed by atoms with van der Waals surface area (Å²) >= 11 is 11.5. The number of fused-ring (bicyclic) bond motifs is 1. The topological polar surface area (TPSA) is 59.4 Å². The Morgan fingerprint density at radius 2 is 2.11 bits per heavy atom. The Labute approximate surface area is 111 Å². The zero-order valence-electron chi connectivity index (χ0n) is 9.00. The number of halogens is 3. The van der Waals surface area contributed by atoms with Crippen LogP contribution in [0.25, 0.3) is 10.9 Å². The molecule has 0 unspecified atom stereocenters. The normalized spacial score (nSPS) is 10.7. The van der Waals surface area contributed by atoms with Crippen molar-refractivity contribution in [2.45, 2.75) is 0 Å². The lowest BCUT2D eigenvalue weighted by Crippen LogP contribution is -2.02. The Bertz CT molecular complexity index is 661. The van der Waals surface area contributed by atoms with E-state index in [9.17, 15) is 9.18 Å². The fraction of sp³-hybridized carbons (Fsp3) is 0.0909. The first-order valence-corrected chi connectivity index (χ1v) is 5.46. The average Bonchev–Trinajstić information content (AvgIpc) is 2.34. The van der Waals surface area contributed by atoms with Gasteiger partial charge in [0.15, 0.2) is 11.5 Å². The van der Waals surface area contributed by atoms with Crippen molar-refractivity contribution in [2.75, 3.05) is 7.11 Å². The lowest BCUT2D eigenvalue weighted by molar-refractivity contribution is 0.0690. The number of rotatable bonds is 2. The SMILES string of the molecule is COc1cc(C(=O)O)nc2cc(Cl)c(F)c(Cl)c12. The molecule has 0 aliphatic carbocycles. The maximum Gasteiger partial charge on any atom is 0.354 e. The summed E-state index contributed by atoms with van der Waals surface area (Å²) in [5.41, 5.74) is -0.0822. The largest absolute Gasteiger partial charge is 0.496 e. The van der Waals surface area contributed by atoms with Crippen LogP contribution < -0.4 is 4.74 Å². The smallest absolute Gasteiger partial charge is 0.354 e. The first-order valence-electron chi connectivity index (χ1n) is 4.71. The number of ether oxygens (including phenoxy) is 1. The zero-order valence-corrected chi connectivity index (χ0v) is 10.5. The van der Waals surface area contributed by atoms with Gasteiger partial charge in [0.05, 0.1) is 28.1 Å². The van der Waals surface area contributed by atoms with Crippen molar-refractivity contribution >= 4 is 40.1 Å². The van der Waals surface area contributed by atoms with E-state index in [4.69, 9.17) is 33.0 Å². The molecule has 0 saturated carbocycles. The van der Waals surface area contributed by atoms with Crippen molar-refractivity contribution in [3.8, 4) is 5.75 Å². The summed E-state index contributed by atoms with van der Waals surface area (Å²) in [5, 5.41) is 8.60. The number of aromatic nitrogens is 1. The van der Waals surface area contributed by atoms with Crippen molar-refractivity contribution in [2.24, 2.45) is 0 Å². The van der Waals surface area contributed by atoms with E-state index < -0.39 is 11.8 Å². The molecule has 0 bridgehead atoms. The first kappa shape index (κ1) is 12.9. The van der Waals surface area contributed by atoms with Gasteiger partial charge in [-0.3, -0.25) is 0 Å². The fourth-order valence-corrected chi connectivity index (χ4v) is 2.07. The van der Waals surface area contributed by atoms with Crippen molar-refractivity contribution in [1.82, 2.24) is 4.98 Å². The highest BCUT2D eigenvalue weighted by Crippen LogP contribution is 2.36. The maximum atomic E-state index is 13.6. The number of pyridine rings is 1. The zero-order chi connectivity index (χ0) is 13.4. The lowest BCUT2D eigenvalue weighted by Gasteiger charge is -2.09. The highest BCUT2D eigenvalue weighted by Gasteiger charge is 2.18. The van der Waals surface area contributed by atoms with Gasteiger partial charge < -0.3 is 9.84 Å². The summed E-state index contributed by atoms with van der Waals surface area (Å²) in [6.45, 7) is 0. The molecular weight excluding hydrogens is 284 g/mol. The molecule has 0 radical (unpaired) electrons. The molecule has 0 amide bonds. The molecular formula is C11H6Cl2FNO3. The van der Waals surface area contributed by atoms with Gasteiger partial charge in [-0.25, -0.2) is 14.2 Å². The van der Waals surface area contributed by atoms with E-state index in [-0.39, 0.29) is 32.4 Å². The minimum Gasteiger partial charge on any atom is -0.496 e. The number of carbonyl (C=O) groups is 1. The summed E-state index contributed by atoms with van der Waals surface area (Å²) in [4.78, 5) is 14.7. The van der Waals surface area contributed by atoms with Crippen LogP contribution in [0.5, 0.6) is 5.75 Å². The second-order valence-corrected chi connectivity index (χ2v) is 4.18. The van der Waals surface area contributed by atoms with E-state index in [1.165, 1.54) is 19.2 Å². The van der Waals surface area contributed by atoms with E-state index in [1.807, 2.05) is 0 Å². The number of benzene rings is 1. The van der Waals surface area contributed by atoms with Gasteiger partial charge in [0.2, 0.25) is 0 Å². The number of carboxylic acid groups (broad SMARTS) is 1. The molecule has 1 aromatic heterocycles. The highest BCUT2D eigenvalue weighted by molar-refractivity contribution is 6.39. The van der Waals surface area contributed by atoms with E-state index >= 15 is 0 Å². The molecule has 94 valence electrons. The third-order valence-electron chi connectivity index (χ3n) is 2.34. The quantitative estimate of drug-likeness (QED) is 0.861. The number of methoxy groups -OCH3 is 1. The number of hydrogen-bond donors (Lipinski definition) is 1. The molecule has 0 atom stereocenters. The molecule has 1 aromatic carbocycles.